The summed E-state index contributed by atoms with van der Waals surface area (Å²) in [6.45, 7) is 3.29. The van der Waals surface area contributed by atoms with Gasteiger partial charge >= 0.3 is 6.36 Å². The number of para-hydroxylation sites is 1. The summed E-state index contributed by atoms with van der Waals surface area (Å²) in [4.78, 5) is 8.45. The molecule has 0 saturated heterocycles. The van der Waals surface area contributed by atoms with E-state index in [1.165, 1.54) is 45.0 Å². The van der Waals surface area contributed by atoms with E-state index in [1.54, 1.807) is 37.5 Å². The van der Waals surface area contributed by atoms with E-state index in [4.69, 9.17) is 14.2 Å². The minimum absolute atomic E-state index is 0.00468. The lowest BCUT2D eigenvalue weighted by Gasteiger charge is -2.22. The Balaban J connectivity index is 1.82. The third kappa shape index (κ3) is 6.62. The van der Waals surface area contributed by atoms with E-state index in [2.05, 4.69) is 24.9 Å². The summed E-state index contributed by atoms with van der Waals surface area (Å²) in [5.41, 5.74) is 1.42. The minimum atomic E-state index is -4.87. The predicted octanol–water partition coefficient (Wildman–Crippen LogP) is 4.64. The van der Waals surface area contributed by atoms with Crippen LogP contribution < -0.4 is 14.2 Å². The molecule has 0 aliphatic heterocycles. The van der Waals surface area contributed by atoms with Crippen LogP contribution in [0.1, 0.15) is 30.2 Å². The van der Waals surface area contributed by atoms with Crippen molar-refractivity contribution in [3.8, 4) is 34.3 Å². The highest BCUT2D eigenvalue weighted by atomic mass is 32.2. The van der Waals surface area contributed by atoms with Crippen LogP contribution in [-0.2, 0) is 20.3 Å². The molecule has 0 aliphatic rings. The number of halogens is 3. The molecule has 224 valence electrons. The summed E-state index contributed by atoms with van der Waals surface area (Å²) < 4.78 is 87.6. The van der Waals surface area contributed by atoms with Gasteiger partial charge < -0.3 is 18.9 Å². The standard InChI is InChI=1S/C27H28F3N5O6S/c1-16-13-31-25(32-14-16)24(40-5)17(2)42(36,37)15-22-33-34-26(18-9-11-19(12-10-18)41-27(28,29)30)35(22)23-20(38-3)7-6-8-21(23)39-4/h6-14,17,24H,15H2,1-5H3/t17-,24-/m0/s1. The Hall–Kier alpha value is -4.24. The lowest BCUT2D eigenvalue weighted by atomic mass is 10.2. The molecule has 0 N–H and O–H groups in total. The zero-order valence-electron chi connectivity index (χ0n) is 23.3. The summed E-state index contributed by atoms with van der Waals surface area (Å²) in [7, 11) is 0.215. The Kier molecular flexibility index (Phi) is 9.01. The minimum Gasteiger partial charge on any atom is -0.494 e. The second-order valence-corrected chi connectivity index (χ2v) is 11.5. The molecule has 0 amide bonds. The summed E-state index contributed by atoms with van der Waals surface area (Å²) in [5, 5.41) is 7.29. The SMILES string of the molecule is COc1cccc(OC)c1-n1c(CS(=O)(=O)[C@@H](C)[C@H](OC)c2ncc(C)cn2)nnc1-c1ccc(OC(F)(F)F)cc1. The zero-order valence-corrected chi connectivity index (χ0v) is 24.1. The number of methoxy groups -OCH3 is 3. The highest BCUT2D eigenvalue weighted by molar-refractivity contribution is 7.91. The number of aryl methyl sites for hydroxylation is 1. The van der Waals surface area contributed by atoms with E-state index < -0.39 is 39.1 Å². The fourth-order valence-electron chi connectivity index (χ4n) is 4.25. The molecule has 42 heavy (non-hydrogen) atoms. The van der Waals surface area contributed by atoms with Crippen LogP contribution in [0.15, 0.2) is 54.9 Å². The van der Waals surface area contributed by atoms with Gasteiger partial charge in [0.05, 0.1) is 19.5 Å². The molecular formula is C27H28F3N5O6S. The van der Waals surface area contributed by atoms with Crippen LogP contribution in [0.4, 0.5) is 13.2 Å². The number of alkyl halides is 3. The van der Waals surface area contributed by atoms with Gasteiger partial charge in [-0.05, 0) is 55.8 Å². The van der Waals surface area contributed by atoms with E-state index >= 15 is 0 Å². The topological polar surface area (TPSA) is 128 Å². The number of hydrogen-bond donors (Lipinski definition) is 0. The van der Waals surface area contributed by atoms with Gasteiger partial charge in [-0.25, -0.2) is 18.4 Å². The monoisotopic (exact) mass is 607 g/mol. The van der Waals surface area contributed by atoms with Gasteiger partial charge in [0.15, 0.2) is 27.3 Å². The summed E-state index contributed by atoms with van der Waals surface area (Å²) in [6, 6.07) is 9.88. The maximum atomic E-state index is 13.8. The number of benzene rings is 2. The van der Waals surface area contributed by atoms with Crippen molar-refractivity contribution in [3.63, 3.8) is 0 Å². The first-order chi connectivity index (χ1) is 19.9. The molecule has 0 bridgehead atoms. The first kappa shape index (κ1) is 30.7. The van der Waals surface area contributed by atoms with Gasteiger partial charge in [0.2, 0.25) is 0 Å². The van der Waals surface area contributed by atoms with Crippen molar-refractivity contribution in [2.75, 3.05) is 21.3 Å². The number of sulfone groups is 1. The molecule has 2 aromatic heterocycles. The maximum absolute atomic E-state index is 13.8. The fraction of sp³-hybridized carbons (Fsp3) is 0.333. The number of hydrogen-bond acceptors (Lipinski definition) is 10. The molecule has 2 heterocycles. The molecule has 0 fully saturated rings. The fourth-order valence-corrected chi connectivity index (χ4v) is 5.66. The van der Waals surface area contributed by atoms with Crippen LogP contribution >= 0.6 is 0 Å². The maximum Gasteiger partial charge on any atom is 0.573 e. The van der Waals surface area contributed by atoms with Gasteiger partial charge in [-0.3, -0.25) is 4.57 Å². The lowest BCUT2D eigenvalue weighted by Crippen LogP contribution is -2.30. The summed E-state index contributed by atoms with van der Waals surface area (Å²) in [6.07, 6.45) is -2.72. The second kappa shape index (κ2) is 12.3. The second-order valence-electron chi connectivity index (χ2n) is 9.15. The zero-order chi connectivity index (χ0) is 30.7. The van der Waals surface area contributed by atoms with E-state index in [-0.39, 0.29) is 17.5 Å². The van der Waals surface area contributed by atoms with Gasteiger partial charge in [0, 0.05) is 25.1 Å². The molecular weight excluding hydrogens is 579 g/mol. The third-order valence-corrected chi connectivity index (χ3v) is 8.37. The normalized spacial score (nSPS) is 13.4. The van der Waals surface area contributed by atoms with Crippen LogP contribution in [-0.4, -0.2) is 66.1 Å². The Morgan fingerprint density at radius 1 is 0.929 bits per heavy atom. The summed E-state index contributed by atoms with van der Waals surface area (Å²) >= 11 is 0. The van der Waals surface area contributed by atoms with Crippen molar-refractivity contribution in [2.45, 2.75) is 37.3 Å². The van der Waals surface area contributed by atoms with Gasteiger partial charge in [-0.2, -0.15) is 0 Å². The van der Waals surface area contributed by atoms with Crippen LogP contribution in [0, 0.1) is 6.92 Å². The highest BCUT2D eigenvalue weighted by Gasteiger charge is 2.35. The number of nitrogens with zero attached hydrogens (tertiary/aromatic N) is 5. The number of rotatable bonds is 11. The molecule has 0 aliphatic carbocycles. The molecule has 0 saturated carbocycles. The van der Waals surface area contributed by atoms with E-state index in [9.17, 15) is 21.6 Å². The van der Waals surface area contributed by atoms with E-state index in [0.717, 1.165) is 17.7 Å². The van der Waals surface area contributed by atoms with Crippen molar-refractivity contribution in [1.82, 2.24) is 24.7 Å². The molecule has 4 rings (SSSR count). The van der Waals surface area contributed by atoms with Gasteiger partial charge in [-0.1, -0.05) is 6.07 Å². The van der Waals surface area contributed by atoms with E-state index in [1.807, 2.05) is 0 Å². The van der Waals surface area contributed by atoms with Crippen LogP contribution in [0.2, 0.25) is 0 Å². The number of ether oxygens (including phenoxy) is 4. The van der Waals surface area contributed by atoms with Crippen molar-refractivity contribution in [1.29, 1.82) is 0 Å². The summed E-state index contributed by atoms with van der Waals surface area (Å²) in [5.74, 6) is -0.0940. The van der Waals surface area contributed by atoms with Crippen molar-refractivity contribution in [3.05, 3.63) is 72.1 Å². The van der Waals surface area contributed by atoms with Crippen molar-refractivity contribution < 1.29 is 40.5 Å². The molecule has 0 spiro atoms. The molecule has 2 atom stereocenters. The number of aromatic nitrogens is 5. The van der Waals surface area contributed by atoms with Crippen LogP contribution in [0.5, 0.6) is 17.2 Å². The Morgan fingerprint density at radius 3 is 2.05 bits per heavy atom. The van der Waals surface area contributed by atoms with Gasteiger partial charge in [-0.15, -0.1) is 23.4 Å². The predicted molar refractivity (Wildman–Crippen MR) is 145 cm³/mol. The molecule has 15 heteroatoms. The van der Waals surface area contributed by atoms with Gasteiger partial charge in [0.1, 0.15) is 34.8 Å². The van der Waals surface area contributed by atoms with Crippen molar-refractivity contribution >= 4 is 9.84 Å². The Labute approximate surface area is 240 Å². The van der Waals surface area contributed by atoms with Crippen LogP contribution in [0.25, 0.3) is 17.1 Å². The Morgan fingerprint density at radius 2 is 1.52 bits per heavy atom. The first-order valence-corrected chi connectivity index (χ1v) is 14.1. The smallest absolute Gasteiger partial charge is 0.494 e. The van der Waals surface area contributed by atoms with Crippen LogP contribution in [0.3, 0.4) is 0 Å². The third-order valence-electron chi connectivity index (χ3n) is 6.33. The quantitative estimate of drug-likeness (QED) is 0.238. The van der Waals surface area contributed by atoms with Crippen molar-refractivity contribution in [2.24, 2.45) is 0 Å². The lowest BCUT2D eigenvalue weighted by molar-refractivity contribution is -0.274. The highest BCUT2D eigenvalue weighted by Crippen LogP contribution is 2.37. The van der Waals surface area contributed by atoms with Gasteiger partial charge in [0.25, 0.3) is 0 Å². The first-order valence-electron chi connectivity index (χ1n) is 12.4. The molecule has 11 nitrogen and oxygen atoms in total. The largest absolute Gasteiger partial charge is 0.573 e. The van der Waals surface area contributed by atoms with E-state index in [0.29, 0.717) is 22.7 Å². The Bertz CT molecular complexity index is 1610. The average molecular weight is 608 g/mol. The molecule has 0 unspecified atom stereocenters. The average Bonchev–Trinajstić information content (AvgIpc) is 3.35. The molecule has 4 aromatic rings. The molecule has 2 aromatic carbocycles. The molecule has 0 radical (unpaired) electrons.